The van der Waals surface area contributed by atoms with Gasteiger partial charge < -0.3 is 19.5 Å². The number of hydrogen-bond donors (Lipinski definition) is 1. The van der Waals surface area contributed by atoms with Crippen molar-refractivity contribution in [2.75, 3.05) is 13.2 Å². The Hall–Kier alpha value is -1.57. The molecule has 3 heterocycles. The Balaban J connectivity index is 1.59. The highest BCUT2D eigenvalue weighted by atomic mass is 16.8. The van der Waals surface area contributed by atoms with E-state index in [-0.39, 0.29) is 29.9 Å². The number of fused-ring (bicyclic) bond motifs is 1. The zero-order chi connectivity index (χ0) is 14.9. The standard InChI is InChI=1S/C14H19N3O4/c1-14(2)20-10-3-6-19-11(12(10)21-14)8-17-13(18)9-7-15-4-5-16-9/h4-5,7,10-12H,3,6,8H2,1-2H3,(H,17,18). The van der Waals surface area contributed by atoms with Crippen molar-refractivity contribution in [1.82, 2.24) is 15.3 Å². The highest BCUT2D eigenvalue weighted by molar-refractivity contribution is 5.91. The fraction of sp³-hybridized carbons (Fsp3) is 0.643. The Morgan fingerprint density at radius 1 is 1.43 bits per heavy atom. The van der Waals surface area contributed by atoms with Crippen LogP contribution in [0.1, 0.15) is 30.8 Å². The van der Waals surface area contributed by atoms with Crippen molar-refractivity contribution in [3.63, 3.8) is 0 Å². The van der Waals surface area contributed by atoms with Gasteiger partial charge in [0, 0.05) is 25.5 Å². The lowest BCUT2D eigenvalue weighted by molar-refractivity contribution is -0.153. The maximum Gasteiger partial charge on any atom is 0.271 e. The lowest BCUT2D eigenvalue weighted by atomic mass is 10.0. The molecule has 2 saturated heterocycles. The number of carbonyl (C=O) groups is 1. The number of hydrogen-bond acceptors (Lipinski definition) is 6. The lowest BCUT2D eigenvalue weighted by Crippen LogP contribution is -2.48. The van der Waals surface area contributed by atoms with Crippen LogP contribution in [0.25, 0.3) is 0 Å². The van der Waals surface area contributed by atoms with Gasteiger partial charge in [0.15, 0.2) is 5.79 Å². The molecule has 3 unspecified atom stereocenters. The molecule has 21 heavy (non-hydrogen) atoms. The maximum atomic E-state index is 12.0. The van der Waals surface area contributed by atoms with Gasteiger partial charge >= 0.3 is 0 Å². The van der Waals surface area contributed by atoms with Crippen molar-refractivity contribution in [1.29, 1.82) is 0 Å². The van der Waals surface area contributed by atoms with Crippen LogP contribution in [-0.4, -0.2) is 53.1 Å². The van der Waals surface area contributed by atoms with Crippen LogP contribution < -0.4 is 5.32 Å². The molecule has 2 aliphatic rings. The third-order valence-corrected chi connectivity index (χ3v) is 3.58. The van der Waals surface area contributed by atoms with Gasteiger partial charge in [0.05, 0.1) is 12.3 Å². The number of rotatable bonds is 3. The Morgan fingerprint density at radius 3 is 3.05 bits per heavy atom. The fourth-order valence-electron chi connectivity index (χ4n) is 2.71. The van der Waals surface area contributed by atoms with Crippen LogP contribution in [0.2, 0.25) is 0 Å². The number of amides is 1. The van der Waals surface area contributed by atoms with E-state index < -0.39 is 5.79 Å². The van der Waals surface area contributed by atoms with E-state index in [1.165, 1.54) is 18.6 Å². The van der Waals surface area contributed by atoms with Crippen molar-refractivity contribution in [3.05, 3.63) is 24.3 Å². The molecule has 3 atom stereocenters. The van der Waals surface area contributed by atoms with E-state index in [1.807, 2.05) is 13.8 Å². The summed E-state index contributed by atoms with van der Waals surface area (Å²) in [6, 6.07) is 0. The van der Waals surface area contributed by atoms with Crippen LogP contribution >= 0.6 is 0 Å². The van der Waals surface area contributed by atoms with Crippen molar-refractivity contribution in [2.24, 2.45) is 0 Å². The smallest absolute Gasteiger partial charge is 0.271 e. The van der Waals surface area contributed by atoms with Gasteiger partial charge in [0.1, 0.15) is 17.9 Å². The van der Waals surface area contributed by atoms with Crippen LogP contribution in [0, 0.1) is 0 Å². The molecule has 0 bridgehead atoms. The van der Waals surface area contributed by atoms with E-state index in [1.54, 1.807) is 0 Å². The minimum absolute atomic E-state index is 0.0205. The van der Waals surface area contributed by atoms with E-state index in [0.717, 1.165) is 6.42 Å². The van der Waals surface area contributed by atoms with Crippen LogP contribution in [0.3, 0.4) is 0 Å². The van der Waals surface area contributed by atoms with Gasteiger partial charge in [-0.2, -0.15) is 0 Å². The number of nitrogens with zero attached hydrogens (tertiary/aromatic N) is 2. The summed E-state index contributed by atoms with van der Waals surface area (Å²) in [4.78, 5) is 19.8. The van der Waals surface area contributed by atoms with E-state index in [0.29, 0.717) is 13.2 Å². The predicted octanol–water partition coefficient (Wildman–Crippen LogP) is 0.515. The Bertz CT molecular complexity index is 508. The molecule has 0 saturated carbocycles. The van der Waals surface area contributed by atoms with Gasteiger partial charge in [-0.3, -0.25) is 9.78 Å². The Labute approximate surface area is 123 Å². The molecule has 0 aromatic carbocycles. The summed E-state index contributed by atoms with van der Waals surface area (Å²) >= 11 is 0. The molecular formula is C14H19N3O4. The van der Waals surface area contributed by atoms with E-state index in [9.17, 15) is 4.79 Å². The van der Waals surface area contributed by atoms with Crippen molar-refractivity contribution >= 4 is 5.91 Å². The highest BCUT2D eigenvalue weighted by Gasteiger charge is 2.47. The van der Waals surface area contributed by atoms with Crippen LogP contribution in [0.4, 0.5) is 0 Å². The van der Waals surface area contributed by atoms with E-state index in [4.69, 9.17) is 14.2 Å². The second kappa shape index (κ2) is 5.67. The number of nitrogens with one attached hydrogen (secondary N) is 1. The third kappa shape index (κ3) is 3.20. The van der Waals surface area contributed by atoms with Crippen LogP contribution in [-0.2, 0) is 14.2 Å². The van der Waals surface area contributed by atoms with Gasteiger partial charge in [-0.15, -0.1) is 0 Å². The normalized spacial score (nSPS) is 30.7. The SMILES string of the molecule is CC1(C)OC2CCOC(CNC(=O)c3cnccn3)C2O1. The molecule has 2 fully saturated rings. The highest BCUT2D eigenvalue weighted by Crippen LogP contribution is 2.34. The van der Waals surface area contributed by atoms with Crippen molar-refractivity contribution in [2.45, 2.75) is 44.4 Å². The molecule has 114 valence electrons. The first-order valence-electron chi connectivity index (χ1n) is 7.07. The molecule has 3 rings (SSSR count). The monoisotopic (exact) mass is 293 g/mol. The molecular weight excluding hydrogens is 274 g/mol. The average molecular weight is 293 g/mol. The Morgan fingerprint density at radius 2 is 2.29 bits per heavy atom. The molecule has 1 amide bonds. The summed E-state index contributed by atoms with van der Waals surface area (Å²) in [6.07, 6.45) is 4.89. The van der Waals surface area contributed by atoms with Gasteiger partial charge in [-0.05, 0) is 20.3 Å². The minimum Gasteiger partial charge on any atom is -0.373 e. The minimum atomic E-state index is -0.601. The van der Waals surface area contributed by atoms with Crippen LogP contribution in [0.5, 0.6) is 0 Å². The summed E-state index contributed by atoms with van der Waals surface area (Å²) in [7, 11) is 0. The molecule has 0 radical (unpaired) electrons. The molecule has 1 N–H and O–H groups in total. The van der Waals surface area contributed by atoms with Gasteiger partial charge in [0.2, 0.25) is 0 Å². The summed E-state index contributed by atoms with van der Waals surface area (Å²) in [6.45, 7) is 4.74. The quantitative estimate of drug-likeness (QED) is 0.874. The second-order valence-corrected chi connectivity index (χ2v) is 5.64. The van der Waals surface area contributed by atoms with Crippen molar-refractivity contribution in [3.8, 4) is 0 Å². The van der Waals surface area contributed by atoms with E-state index >= 15 is 0 Å². The molecule has 7 heteroatoms. The molecule has 1 aromatic heterocycles. The largest absolute Gasteiger partial charge is 0.373 e. The molecule has 2 aliphatic heterocycles. The first-order chi connectivity index (χ1) is 10.1. The molecule has 0 spiro atoms. The molecule has 7 nitrogen and oxygen atoms in total. The summed E-state index contributed by atoms with van der Waals surface area (Å²) < 4.78 is 17.4. The third-order valence-electron chi connectivity index (χ3n) is 3.58. The summed E-state index contributed by atoms with van der Waals surface area (Å²) in [5, 5.41) is 2.81. The first-order valence-corrected chi connectivity index (χ1v) is 7.07. The topological polar surface area (TPSA) is 82.6 Å². The first kappa shape index (κ1) is 14.4. The fourth-order valence-corrected chi connectivity index (χ4v) is 2.71. The number of carbonyl (C=O) groups excluding carboxylic acids is 1. The lowest BCUT2D eigenvalue weighted by Gasteiger charge is -2.31. The van der Waals surface area contributed by atoms with Crippen molar-refractivity contribution < 1.29 is 19.0 Å². The van der Waals surface area contributed by atoms with Gasteiger partial charge in [0.25, 0.3) is 5.91 Å². The zero-order valence-electron chi connectivity index (χ0n) is 12.1. The second-order valence-electron chi connectivity index (χ2n) is 5.64. The molecule has 1 aromatic rings. The number of aromatic nitrogens is 2. The molecule has 0 aliphatic carbocycles. The number of ether oxygens (including phenoxy) is 3. The Kier molecular flexibility index (Phi) is 3.88. The van der Waals surface area contributed by atoms with Gasteiger partial charge in [-0.25, -0.2) is 4.98 Å². The van der Waals surface area contributed by atoms with Crippen LogP contribution in [0.15, 0.2) is 18.6 Å². The average Bonchev–Trinajstić information content (AvgIpc) is 2.80. The van der Waals surface area contributed by atoms with Gasteiger partial charge in [-0.1, -0.05) is 0 Å². The summed E-state index contributed by atoms with van der Waals surface area (Å²) in [5.74, 6) is -0.872. The predicted molar refractivity (Wildman–Crippen MR) is 72.5 cm³/mol. The summed E-state index contributed by atoms with van der Waals surface area (Å²) in [5.41, 5.74) is 0.286. The zero-order valence-corrected chi connectivity index (χ0v) is 12.1. The maximum absolute atomic E-state index is 12.0. The van der Waals surface area contributed by atoms with E-state index in [2.05, 4.69) is 15.3 Å².